The number of carboxylic acids is 1. The topological polar surface area (TPSA) is 53.4 Å². The minimum atomic E-state index is -0.967. The fourth-order valence-electron chi connectivity index (χ4n) is 1.80. The first-order chi connectivity index (χ1) is 8.16. The van der Waals surface area contributed by atoms with Gasteiger partial charge in [0.1, 0.15) is 10.7 Å². The molecule has 1 aliphatic heterocycles. The third-order valence-corrected chi connectivity index (χ3v) is 4.01. The molecule has 0 atom stereocenters. The Morgan fingerprint density at radius 3 is 2.71 bits per heavy atom. The lowest BCUT2D eigenvalue weighted by atomic mass is 10.2. The largest absolute Gasteiger partial charge is 0.477 e. The summed E-state index contributed by atoms with van der Waals surface area (Å²) in [5.41, 5.74) is 1.15. The van der Waals surface area contributed by atoms with Crippen LogP contribution in [0.15, 0.2) is 17.2 Å². The highest BCUT2D eigenvalue weighted by atomic mass is 32.2. The molecule has 1 N–H and O–H groups in total. The Morgan fingerprint density at radius 1 is 1.35 bits per heavy atom. The van der Waals surface area contributed by atoms with Crippen molar-refractivity contribution in [2.45, 2.75) is 31.2 Å². The van der Waals surface area contributed by atoms with Gasteiger partial charge in [0.15, 0.2) is 0 Å². The average Bonchev–Trinajstić information content (AvgIpc) is 2.33. The van der Waals surface area contributed by atoms with Crippen LogP contribution in [0.5, 0.6) is 0 Å². The van der Waals surface area contributed by atoms with Gasteiger partial charge in [0.25, 0.3) is 0 Å². The minimum Gasteiger partial charge on any atom is -0.477 e. The van der Waals surface area contributed by atoms with E-state index in [1.54, 1.807) is 18.0 Å². The highest BCUT2D eigenvalue weighted by molar-refractivity contribution is 7.97. The number of aromatic carboxylic acids is 1. The molecule has 0 amide bonds. The van der Waals surface area contributed by atoms with Gasteiger partial charge in [-0.05, 0) is 43.3 Å². The zero-order valence-electron chi connectivity index (χ0n) is 9.85. The minimum absolute atomic E-state index is 0.120. The molecule has 0 radical (unpaired) electrons. The second-order valence-corrected chi connectivity index (χ2v) is 5.29. The Bertz CT molecular complexity index is 417. The van der Waals surface area contributed by atoms with Gasteiger partial charge >= 0.3 is 5.97 Å². The lowest BCUT2D eigenvalue weighted by Gasteiger charge is -2.25. The first kappa shape index (κ1) is 12.4. The molecule has 0 unspecified atom stereocenters. The van der Waals surface area contributed by atoms with Gasteiger partial charge in [0, 0.05) is 13.1 Å². The standard InChI is InChI=1S/C12H16N2O2S/c1-9-5-6-10(12(15)16)13-11(9)17-14-7-3-2-4-8-14/h5-6H,2-4,7-8H2,1H3,(H,15,16). The van der Waals surface area contributed by atoms with E-state index in [0.717, 1.165) is 23.7 Å². The molecule has 1 aliphatic rings. The van der Waals surface area contributed by atoms with Crippen molar-refractivity contribution in [1.82, 2.24) is 9.29 Å². The Hall–Kier alpha value is -1.07. The molecule has 1 aromatic heterocycles. The second kappa shape index (κ2) is 5.51. The van der Waals surface area contributed by atoms with Crippen LogP contribution in [0, 0.1) is 6.92 Å². The summed E-state index contributed by atoms with van der Waals surface area (Å²) in [6, 6.07) is 3.38. The molecule has 1 aromatic rings. The monoisotopic (exact) mass is 252 g/mol. The average molecular weight is 252 g/mol. The molecular formula is C12H16N2O2S. The number of carbonyl (C=O) groups is 1. The fourth-order valence-corrected chi connectivity index (χ4v) is 2.84. The van der Waals surface area contributed by atoms with E-state index >= 15 is 0 Å². The molecule has 2 rings (SSSR count). The summed E-state index contributed by atoms with van der Waals surface area (Å²) in [5.74, 6) is -0.967. The Morgan fingerprint density at radius 2 is 2.06 bits per heavy atom. The number of nitrogens with zero attached hydrogens (tertiary/aromatic N) is 2. The van der Waals surface area contributed by atoms with E-state index in [0.29, 0.717) is 0 Å². The van der Waals surface area contributed by atoms with Crippen LogP contribution in [0.2, 0.25) is 0 Å². The third kappa shape index (κ3) is 3.20. The summed E-state index contributed by atoms with van der Waals surface area (Å²) >= 11 is 1.58. The van der Waals surface area contributed by atoms with Gasteiger partial charge in [0.2, 0.25) is 0 Å². The number of aryl methyl sites for hydroxylation is 1. The van der Waals surface area contributed by atoms with E-state index in [2.05, 4.69) is 9.29 Å². The Labute approximate surface area is 105 Å². The van der Waals surface area contributed by atoms with Crippen molar-refractivity contribution in [3.63, 3.8) is 0 Å². The predicted molar refractivity (Wildman–Crippen MR) is 67.2 cm³/mol. The molecule has 0 saturated carbocycles. The van der Waals surface area contributed by atoms with E-state index in [1.165, 1.54) is 19.3 Å². The summed E-state index contributed by atoms with van der Waals surface area (Å²) in [4.78, 5) is 15.1. The number of rotatable bonds is 3. The zero-order chi connectivity index (χ0) is 12.3. The van der Waals surface area contributed by atoms with Gasteiger partial charge in [-0.2, -0.15) is 0 Å². The number of carboxylic acid groups (broad SMARTS) is 1. The van der Waals surface area contributed by atoms with Gasteiger partial charge in [-0.3, -0.25) is 0 Å². The van der Waals surface area contributed by atoms with E-state index in [9.17, 15) is 4.79 Å². The smallest absolute Gasteiger partial charge is 0.354 e. The van der Waals surface area contributed by atoms with E-state index in [4.69, 9.17) is 5.11 Å². The molecule has 17 heavy (non-hydrogen) atoms. The van der Waals surface area contributed by atoms with E-state index < -0.39 is 5.97 Å². The van der Waals surface area contributed by atoms with Gasteiger partial charge in [-0.1, -0.05) is 12.5 Å². The number of pyridine rings is 1. The quantitative estimate of drug-likeness (QED) is 0.838. The summed E-state index contributed by atoms with van der Waals surface area (Å²) in [7, 11) is 0. The van der Waals surface area contributed by atoms with Crippen LogP contribution < -0.4 is 0 Å². The zero-order valence-corrected chi connectivity index (χ0v) is 10.7. The van der Waals surface area contributed by atoms with Crippen LogP contribution >= 0.6 is 11.9 Å². The number of piperidine rings is 1. The maximum absolute atomic E-state index is 10.9. The second-order valence-electron chi connectivity index (χ2n) is 4.20. The molecular weight excluding hydrogens is 236 g/mol. The summed E-state index contributed by atoms with van der Waals surface area (Å²) in [5, 5.41) is 9.73. The van der Waals surface area contributed by atoms with Gasteiger partial charge in [-0.15, -0.1) is 0 Å². The van der Waals surface area contributed by atoms with Crippen LogP contribution in [0.3, 0.4) is 0 Å². The molecule has 1 saturated heterocycles. The molecule has 1 fully saturated rings. The SMILES string of the molecule is Cc1ccc(C(=O)O)nc1SN1CCCCC1. The van der Waals surface area contributed by atoms with E-state index in [1.807, 2.05) is 13.0 Å². The number of aromatic nitrogens is 1. The van der Waals surface area contributed by atoms with Crippen molar-refractivity contribution < 1.29 is 9.90 Å². The number of hydrogen-bond acceptors (Lipinski definition) is 4. The van der Waals surface area contributed by atoms with Crippen molar-refractivity contribution in [3.05, 3.63) is 23.4 Å². The lowest BCUT2D eigenvalue weighted by molar-refractivity contribution is 0.0689. The Balaban J connectivity index is 2.13. The molecule has 4 nitrogen and oxygen atoms in total. The first-order valence-electron chi connectivity index (χ1n) is 5.80. The summed E-state index contributed by atoms with van der Waals surface area (Å²) in [6.07, 6.45) is 3.72. The number of hydrogen-bond donors (Lipinski definition) is 1. The van der Waals surface area contributed by atoms with Crippen LogP contribution in [0.25, 0.3) is 0 Å². The van der Waals surface area contributed by atoms with Gasteiger partial charge in [0.05, 0.1) is 0 Å². The maximum atomic E-state index is 10.9. The van der Waals surface area contributed by atoms with Crippen molar-refractivity contribution in [3.8, 4) is 0 Å². The molecule has 0 bridgehead atoms. The van der Waals surface area contributed by atoms with E-state index in [-0.39, 0.29) is 5.69 Å². The highest BCUT2D eigenvalue weighted by Gasteiger charge is 2.15. The maximum Gasteiger partial charge on any atom is 0.354 e. The third-order valence-electron chi connectivity index (χ3n) is 2.80. The van der Waals surface area contributed by atoms with Crippen molar-refractivity contribution >= 4 is 17.9 Å². The lowest BCUT2D eigenvalue weighted by Crippen LogP contribution is -2.23. The van der Waals surface area contributed by atoms with Crippen molar-refractivity contribution in [2.24, 2.45) is 0 Å². The van der Waals surface area contributed by atoms with Crippen LogP contribution in [-0.4, -0.2) is 33.5 Å². The summed E-state index contributed by atoms with van der Waals surface area (Å²) < 4.78 is 2.27. The highest BCUT2D eigenvalue weighted by Crippen LogP contribution is 2.27. The molecule has 0 spiro atoms. The molecule has 0 aliphatic carbocycles. The fraction of sp³-hybridized carbons (Fsp3) is 0.500. The Kier molecular flexibility index (Phi) is 4.02. The van der Waals surface area contributed by atoms with Crippen LogP contribution in [0.4, 0.5) is 0 Å². The predicted octanol–water partition coefficient (Wildman–Crippen LogP) is 2.58. The van der Waals surface area contributed by atoms with Gasteiger partial charge in [-0.25, -0.2) is 14.1 Å². The van der Waals surface area contributed by atoms with Gasteiger partial charge < -0.3 is 5.11 Å². The van der Waals surface area contributed by atoms with Crippen molar-refractivity contribution in [2.75, 3.05) is 13.1 Å². The molecule has 5 heteroatoms. The molecule has 92 valence electrons. The molecule has 0 aromatic carbocycles. The van der Waals surface area contributed by atoms with Crippen LogP contribution in [-0.2, 0) is 0 Å². The normalized spacial score (nSPS) is 17.0. The van der Waals surface area contributed by atoms with Crippen molar-refractivity contribution in [1.29, 1.82) is 0 Å². The summed E-state index contributed by atoms with van der Waals surface area (Å²) in [6.45, 7) is 4.08. The first-order valence-corrected chi connectivity index (χ1v) is 6.58. The van der Waals surface area contributed by atoms with Crippen LogP contribution in [0.1, 0.15) is 35.3 Å². The molecule has 2 heterocycles.